The summed E-state index contributed by atoms with van der Waals surface area (Å²) in [4.78, 5) is 0. The van der Waals surface area contributed by atoms with Gasteiger partial charge >= 0.3 is 6.18 Å². The Morgan fingerprint density at radius 1 is 1.31 bits per heavy atom. The molecule has 0 aromatic rings. The Morgan fingerprint density at radius 3 is 2.08 bits per heavy atom. The highest BCUT2D eigenvalue weighted by Crippen LogP contribution is 2.40. The summed E-state index contributed by atoms with van der Waals surface area (Å²) in [6.45, 7) is 0. The van der Waals surface area contributed by atoms with Gasteiger partial charge in [0, 0.05) is 5.71 Å². The monoisotopic (exact) mass is 196 g/mol. The number of rotatable bonds is 0. The molecule has 0 heterocycles. The van der Waals surface area contributed by atoms with E-state index in [2.05, 4.69) is 5.10 Å². The second-order valence-corrected chi connectivity index (χ2v) is 3.22. The fourth-order valence-corrected chi connectivity index (χ4v) is 1.36. The minimum Gasteiger partial charge on any atom is -0.380 e. The Labute approximate surface area is 73.4 Å². The first kappa shape index (κ1) is 10.3. The van der Waals surface area contributed by atoms with Crippen LogP contribution in [0.25, 0.3) is 0 Å². The normalized spacial score (nSPS) is 30.3. The Bertz CT molecular complexity index is 214. The summed E-state index contributed by atoms with van der Waals surface area (Å²) in [7, 11) is 0. The molecule has 0 amide bonds. The van der Waals surface area contributed by atoms with Crippen molar-refractivity contribution >= 4 is 5.71 Å². The first-order chi connectivity index (χ1) is 5.89. The van der Waals surface area contributed by atoms with Crippen molar-refractivity contribution in [2.75, 3.05) is 0 Å². The van der Waals surface area contributed by atoms with Gasteiger partial charge in [0.1, 0.15) is 0 Å². The average Bonchev–Trinajstić information content (AvgIpc) is 2.04. The van der Waals surface area contributed by atoms with E-state index in [-0.39, 0.29) is 25.7 Å². The molecule has 0 aromatic heterocycles. The number of hydrogen-bond acceptors (Lipinski definition) is 3. The standard InChI is InChI=1S/C7H11F3N2O/c8-7(9,10)6(13)3-1-5(12-11)2-4-6/h13H,1-4,11H2. The highest BCUT2D eigenvalue weighted by molar-refractivity contribution is 5.85. The van der Waals surface area contributed by atoms with Gasteiger partial charge < -0.3 is 10.9 Å². The molecule has 0 saturated heterocycles. The third-order valence-corrected chi connectivity index (χ3v) is 2.36. The van der Waals surface area contributed by atoms with Crippen LogP contribution in [0.5, 0.6) is 0 Å². The van der Waals surface area contributed by atoms with Gasteiger partial charge in [-0.1, -0.05) is 0 Å². The van der Waals surface area contributed by atoms with Crippen LogP contribution in [0.2, 0.25) is 0 Å². The molecule has 0 unspecified atom stereocenters. The van der Waals surface area contributed by atoms with Crippen molar-refractivity contribution in [3.63, 3.8) is 0 Å². The van der Waals surface area contributed by atoms with Gasteiger partial charge in [-0.25, -0.2) is 0 Å². The van der Waals surface area contributed by atoms with Crippen LogP contribution in [-0.2, 0) is 0 Å². The molecular weight excluding hydrogens is 185 g/mol. The van der Waals surface area contributed by atoms with Gasteiger partial charge in [0.15, 0.2) is 5.60 Å². The number of hydrogen-bond donors (Lipinski definition) is 2. The second-order valence-electron chi connectivity index (χ2n) is 3.22. The van der Waals surface area contributed by atoms with E-state index in [4.69, 9.17) is 5.84 Å². The summed E-state index contributed by atoms with van der Waals surface area (Å²) in [5.41, 5.74) is -2.00. The maximum atomic E-state index is 12.2. The number of alkyl halides is 3. The molecule has 3 N–H and O–H groups in total. The molecule has 0 aromatic carbocycles. The van der Waals surface area contributed by atoms with Crippen molar-refractivity contribution in [1.82, 2.24) is 0 Å². The zero-order valence-electron chi connectivity index (χ0n) is 6.93. The van der Waals surface area contributed by atoms with E-state index >= 15 is 0 Å². The van der Waals surface area contributed by atoms with Crippen molar-refractivity contribution in [1.29, 1.82) is 0 Å². The summed E-state index contributed by atoms with van der Waals surface area (Å²) >= 11 is 0. The molecule has 0 aliphatic heterocycles. The SMILES string of the molecule is NN=C1CCC(O)(C(F)(F)F)CC1. The van der Waals surface area contributed by atoms with Crippen LogP contribution in [0, 0.1) is 0 Å². The highest BCUT2D eigenvalue weighted by atomic mass is 19.4. The summed E-state index contributed by atoms with van der Waals surface area (Å²) in [6.07, 6.45) is -4.99. The average molecular weight is 196 g/mol. The molecule has 1 aliphatic rings. The second kappa shape index (κ2) is 3.17. The molecule has 13 heavy (non-hydrogen) atoms. The third kappa shape index (κ3) is 1.93. The van der Waals surface area contributed by atoms with E-state index < -0.39 is 11.8 Å². The molecule has 0 bridgehead atoms. The third-order valence-electron chi connectivity index (χ3n) is 2.36. The van der Waals surface area contributed by atoms with Gasteiger partial charge in [-0.3, -0.25) is 0 Å². The van der Waals surface area contributed by atoms with Crippen LogP contribution in [0.3, 0.4) is 0 Å². The fraction of sp³-hybridized carbons (Fsp3) is 0.857. The highest BCUT2D eigenvalue weighted by Gasteiger charge is 2.54. The first-order valence-corrected chi connectivity index (χ1v) is 3.94. The predicted molar refractivity (Wildman–Crippen MR) is 41.1 cm³/mol. The fourth-order valence-electron chi connectivity index (χ4n) is 1.36. The molecule has 1 saturated carbocycles. The van der Waals surface area contributed by atoms with Crippen molar-refractivity contribution in [2.45, 2.75) is 37.5 Å². The van der Waals surface area contributed by atoms with E-state index in [1.54, 1.807) is 0 Å². The molecular formula is C7H11F3N2O. The summed E-state index contributed by atoms with van der Waals surface area (Å²) in [6, 6.07) is 0. The number of halogens is 3. The van der Waals surface area contributed by atoms with Crippen LogP contribution in [-0.4, -0.2) is 22.6 Å². The Kier molecular flexibility index (Phi) is 2.51. The van der Waals surface area contributed by atoms with E-state index in [0.717, 1.165) is 0 Å². The molecule has 6 heteroatoms. The van der Waals surface area contributed by atoms with E-state index in [1.165, 1.54) is 0 Å². The smallest absolute Gasteiger partial charge is 0.380 e. The summed E-state index contributed by atoms with van der Waals surface area (Å²) < 4.78 is 36.7. The minimum absolute atomic E-state index is 0.118. The molecule has 0 atom stereocenters. The van der Waals surface area contributed by atoms with Gasteiger partial charge in [-0.15, -0.1) is 0 Å². The number of hydrazone groups is 1. The number of nitrogens with zero attached hydrogens (tertiary/aromatic N) is 1. The number of aliphatic hydroxyl groups is 1. The van der Waals surface area contributed by atoms with Crippen LogP contribution in [0.4, 0.5) is 13.2 Å². The Morgan fingerprint density at radius 2 is 1.77 bits per heavy atom. The molecule has 3 nitrogen and oxygen atoms in total. The van der Waals surface area contributed by atoms with Crippen molar-refractivity contribution in [2.24, 2.45) is 10.9 Å². The van der Waals surface area contributed by atoms with Crippen LogP contribution in [0.15, 0.2) is 5.10 Å². The molecule has 76 valence electrons. The zero-order valence-corrected chi connectivity index (χ0v) is 6.93. The maximum absolute atomic E-state index is 12.2. The zero-order chi connectivity index (χ0) is 10.1. The van der Waals surface area contributed by atoms with E-state index in [1.807, 2.05) is 0 Å². The molecule has 0 radical (unpaired) electrons. The van der Waals surface area contributed by atoms with Crippen LogP contribution < -0.4 is 5.84 Å². The lowest BCUT2D eigenvalue weighted by molar-refractivity contribution is -0.265. The number of nitrogens with two attached hydrogens (primary N) is 1. The summed E-state index contributed by atoms with van der Waals surface area (Å²) in [5.74, 6) is 4.93. The van der Waals surface area contributed by atoms with Crippen molar-refractivity contribution in [3.8, 4) is 0 Å². The van der Waals surface area contributed by atoms with Crippen LogP contribution >= 0.6 is 0 Å². The lowest BCUT2D eigenvalue weighted by Crippen LogP contribution is -2.47. The lowest BCUT2D eigenvalue weighted by Gasteiger charge is -2.34. The largest absolute Gasteiger partial charge is 0.417 e. The first-order valence-electron chi connectivity index (χ1n) is 3.94. The van der Waals surface area contributed by atoms with Gasteiger partial charge in [0.05, 0.1) is 0 Å². The Balaban J connectivity index is 2.67. The van der Waals surface area contributed by atoms with E-state index in [9.17, 15) is 18.3 Å². The predicted octanol–water partition coefficient (Wildman–Crippen LogP) is 1.17. The molecule has 1 rings (SSSR count). The maximum Gasteiger partial charge on any atom is 0.417 e. The van der Waals surface area contributed by atoms with Crippen LogP contribution in [0.1, 0.15) is 25.7 Å². The van der Waals surface area contributed by atoms with Crippen molar-refractivity contribution in [3.05, 3.63) is 0 Å². The Hall–Kier alpha value is -0.780. The van der Waals surface area contributed by atoms with Crippen molar-refractivity contribution < 1.29 is 18.3 Å². The van der Waals surface area contributed by atoms with E-state index in [0.29, 0.717) is 5.71 Å². The molecule has 1 aliphatic carbocycles. The van der Waals surface area contributed by atoms with Gasteiger partial charge in [0.25, 0.3) is 0 Å². The van der Waals surface area contributed by atoms with Gasteiger partial charge in [-0.2, -0.15) is 18.3 Å². The topological polar surface area (TPSA) is 58.6 Å². The lowest BCUT2D eigenvalue weighted by atomic mass is 9.83. The summed E-state index contributed by atoms with van der Waals surface area (Å²) in [5, 5.41) is 12.5. The molecule has 0 spiro atoms. The van der Waals surface area contributed by atoms with Gasteiger partial charge in [0.2, 0.25) is 0 Å². The van der Waals surface area contributed by atoms with Gasteiger partial charge in [-0.05, 0) is 25.7 Å². The quantitative estimate of drug-likeness (QED) is 0.451. The minimum atomic E-state index is -4.55. The molecule has 1 fully saturated rings.